The Labute approximate surface area is 295 Å². The summed E-state index contributed by atoms with van der Waals surface area (Å²) in [4.78, 5) is 53.0. The number of aromatic nitrogens is 2. The van der Waals surface area contributed by atoms with Crippen LogP contribution in [0.15, 0.2) is 97.3 Å². The van der Waals surface area contributed by atoms with Crippen molar-refractivity contribution in [3.63, 3.8) is 0 Å². The minimum atomic E-state index is -1.02. The molecule has 3 fully saturated rings. The van der Waals surface area contributed by atoms with E-state index in [9.17, 15) is 19.5 Å². The number of hydrogen-bond donors (Lipinski definition) is 2. The molecule has 4 aromatic rings. The number of carbonyl (C=O) groups is 3. The first kappa shape index (κ1) is 34.2. The highest BCUT2D eigenvalue weighted by Crippen LogP contribution is 2.39. The monoisotopic (exact) mass is 692 g/mol. The molecule has 3 saturated heterocycles. The van der Waals surface area contributed by atoms with Gasteiger partial charge in [0.25, 0.3) is 5.91 Å². The second-order valence-corrected chi connectivity index (χ2v) is 12.8. The number of anilines is 2. The molecule has 13 nitrogen and oxygen atoms in total. The molecular formula is C38H40N6O7. The maximum atomic E-state index is 13.2. The largest absolute Gasteiger partial charge is 0.445 e. The second kappa shape index (κ2) is 15.8. The number of aliphatic hydroxyl groups excluding tert-OH is 1. The quantitative estimate of drug-likeness (QED) is 0.234. The summed E-state index contributed by atoms with van der Waals surface area (Å²) < 4.78 is 18.3. The summed E-state index contributed by atoms with van der Waals surface area (Å²) in [5.41, 5.74) is 3.75. The first-order chi connectivity index (χ1) is 24.9. The van der Waals surface area contributed by atoms with Gasteiger partial charge in [-0.05, 0) is 34.9 Å². The zero-order valence-electron chi connectivity index (χ0n) is 28.0. The lowest BCUT2D eigenvalue weighted by atomic mass is 9.99. The van der Waals surface area contributed by atoms with Gasteiger partial charge in [-0.15, -0.1) is 0 Å². The van der Waals surface area contributed by atoms with E-state index in [0.29, 0.717) is 18.7 Å². The Morgan fingerprint density at radius 1 is 0.843 bits per heavy atom. The van der Waals surface area contributed by atoms with Crippen molar-refractivity contribution in [2.24, 2.45) is 0 Å². The molecule has 264 valence electrons. The highest BCUT2D eigenvalue weighted by molar-refractivity contribution is 6.22. The van der Waals surface area contributed by atoms with Crippen LogP contribution in [0.1, 0.15) is 47.5 Å². The number of rotatable bonds is 10. The third-order valence-electron chi connectivity index (χ3n) is 9.36. The topological polar surface area (TPSA) is 147 Å². The standard InChI is InChI=1S/C38H40N6O7/c45-24-26-7-9-28(10-8-26)33-21-31(23-42-17-19-43(20-18-42)37-39-15-4-16-40-37)50-36(51-33)29-11-13-30(14-12-29)44-34(46)22-32(35(44)47)41-38(48)49-25-27-5-2-1-3-6-27/h1-16,31-33,36,45H,17-25H2,(H,41,48)/t31-,32?,33+,36+/m0/s1. The SMILES string of the molecule is O=C(NC1CC(=O)N(c2ccc([C@@H]3O[C@H](CN4CCN(c5ncccn5)CC4)C[C@H](c4ccc(CO)cc4)O3)cc2)C1=O)OCc1ccccc1. The van der Waals surface area contributed by atoms with Gasteiger partial charge in [0.05, 0.1) is 30.9 Å². The molecule has 1 unspecified atom stereocenters. The number of aliphatic hydroxyl groups is 1. The fraction of sp³-hybridized carbons (Fsp3) is 0.342. The molecule has 4 atom stereocenters. The number of benzene rings is 3. The van der Waals surface area contributed by atoms with Crippen LogP contribution in [0.2, 0.25) is 0 Å². The number of nitrogens with one attached hydrogen (secondary N) is 1. The zero-order valence-corrected chi connectivity index (χ0v) is 28.0. The molecule has 2 N–H and O–H groups in total. The lowest BCUT2D eigenvalue weighted by molar-refractivity contribution is -0.253. The van der Waals surface area contributed by atoms with Crippen molar-refractivity contribution in [2.75, 3.05) is 42.5 Å². The Kier molecular flexibility index (Phi) is 10.6. The van der Waals surface area contributed by atoms with Gasteiger partial charge in [0, 0.05) is 57.1 Å². The number of piperazine rings is 1. The molecule has 13 heteroatoms. The van der Waals surface area contributed by atoms with Gasteiger partial charge in [-0.25, -0.2) is 19.7 Å². The maximum Gasteiger partial charge on any atom is 0.408 e. The number of carbonyl (C=O) groups excluding carboxylic acids is 3. The summed E-state index contributed by atoms with van der Waals surface area (Å²) in [7, 11) is 0. The predicted molar refractivity (Wildman–Crippen MR) is 186 cm³/mol. The molecule has 0 bridgehead atoms. The lowest BCUT2D eigenvalue weighted by Gasteiger charge is -2.40. The van der Waals surface area contributed by atoms with Gasteiger partial charge in [-0.2, -0.15) is 0 Å². The normalized spacial score (nSPS) is 22.6. The van der Waals surface area contributed by atoms with Gasteiger partial charge in [0.15, 0.2) is 6.29 Å². The molecule has 3 aliphatic heterocycles. The Bertz CT molecular complexity index is 1790. The number of amides is 3. The van der Waals surface area contributed by atoms with E-state index in [-0.39, 0.29) is 31.8 Å². The molecule has 3 amide bonds. The molecule has 0 radical (unpaired) electrons. The summed E-state index contributed by atoms with van der Waals surface area (Å²) in [5, 5.41) is 12.1. The Hall–Kier alpha value is -5.21. The van der Waals surface area contributed by atoms with E-state index in [1.54, 1.807) is 36.7 Å². The first-order valence-corrected chi connectivity index (χ1v) is 17.1. The fourth-order valence-electron chi connectivity index (χ4n) is 6.61. The van der Waals surface area contributed by atoms with Gasteiger partial charge < -0.3 is 29.5 Å². The van der Waals surface area contributed by atoms with Crippen LogP contribution in [-0.2, 0) is 37.0 Å². The van der Waals surface area contributed by atoms with Crippen LogP contribution in [0.5, 0.6) is 0 Å². The van der Waals surface area contributed by atoms with E-state index in [1.807, 2.05) is 60.7 Å². The molecule has 7 rings (SSSR count). The van der Waals surface area contributed by atoms with Crippen LogP contribution in [0, 0.1) is 0 Å². The van der Waals surface area contributed by atoms with Gasteiger partial charge in [0.1, 0.15) is 12.6 Å². The highest BCUT2D eigenvalue weighted by Gasteiger charge is 2.41. The van der Waals surface area contributed by atoms with Crippen LogP contribution in [0.3, 0.4) is 0 Å². The Balaban J connectivity index is 1.00. The minimum absolute atomic E-state index is 0.0380. The van der Waals surface area contributed by atoms with Gasteiger partial charge in [0.2, 0.25) is 11.9 Å². The van der Waals surface area contributed by atoms with E-state index in [1.165, 1.54) is 0 Å². The number of imide groups is 1. The number of hydrogen-bond acceptors (Lipinski definition) is 11. The fourth-order valence-corrected chi connectivity index (χ4v) is 6.61. The summed E-state index contributed by atoms with van der Waals surface area (Å²) in [5.74, 6) is -0.212. The molecule has 51 heavy (non-hydrogen) atoms. The van der Waals surface area contributed by atoms with Crippen molar-refractivity contribution in [1.29, 1.82) is 0 Å². The summed E-state index contributed by atoms with van der Waals surface area (Å²) in [6, 6.07) is 24.7. The molecular weight excluding hydrogens is 652 g/mol. The molecule has 3 aliphatic rings. The van der Waals surface area contributed by atoms with Crippen molar-refractivity contribution >= 4 is 29.5 Å². The van der Waals surface area contributed by atoms with E-state index < -0.39 is 30.2 Å². The minimum Gasteiger partial charge on any atom is -0.445 e. The molecule has 1 aromatic heterocycles. The van der Waals surface area contributed by atoms with Gasteiger partial charge in [-0.1, -0.05) is 66.7 Å². The lowest BCUT2D eigenvalue weighted by Crippen LogP contribution is -2.50. The Morgan fingerprint density at radius 3 is 2.25 bits per heavy atom. The zero-order chi connectivity index (χ0) is 35.2. The summed E-state index contributed by atoms with van der Waals surface area (Å²) in [6.07, 6.45) is 2.14. The second-order valence-electron chi connectivity index (χ2n) is 12.8. The van der Waals surface area contributed by atoms with E-state index in [4.69, 9.17) is 14.2 Å². The van der Waals surface area contributed by atoms with Crippen LogP contribution in [-0.4, -0.2) is 82.8 Å². The first-order valence-electron chi connectivity index (χ1n) is 17.1. The van der Waals surface area contributed by atoms with Crippen molar-refractivity contribution in [2.45, 2.75) is 50.6 Å². The van der Waals surface area contributed by atoms with Crippen molar-refractivity contribution < 1.29 is 33.7 Å². The van der Waals surface area contributed by atoms with Crippen molar-refractivity contribution in [3.8, 4) is 0 Å². The van der Waals surface area contributed by atoms with Crippen molar-refractivity contribution in [1.82, 2.24) is 20.2 Å². The third-order valence-corrected chi connectivity index (χ3v) is 9.36. The van der Waals surface area contributed by atoms with Crippen LogP contribution in [0.4, 0.5) is 16.4 Å². The average Bonchev–Trinajstić information content (AvgIpc) is 3.46. The number of ether oxygens (including phenoxy) is 3. The Morgan fingerprint density at radius 2 is 1.55 bits per heavy atom. The summed E-state index contributed by atoms with van der Waals surface area (Å²) in [6.45, 7) is 4.02. The van der Waals surface area contributed by atoms with Gasteiger partial charge in [-0.3, -0.25) is 14.5 Å². The molecule has 4 heterocycles. The summed E-state index contributed by atoms with van der Waals surface area (Å²) >= 11 is 0. The molecule has 0 aliphatic carbocycles. The number of alkyl carbamates (subject to hydrolysis) is 1. The van der Waals surface area contributed by atoms with Gasteiger partial charge >= 0.3 is 6.09 Å². The highest BCUT2D eigenvalue weighted by atomic mass is 16.7. The van der Waals surface area contributed by atoms with Crippen LogP contribution < -0.4 is 15.1 Å². The maximum absolute atomic E-state index is 13.2. The van der Waals surface area contributed by atoms with E-state index in [0.717, 1.165) is 59.3 Å². The number of nitrogens with zero attached hydrogens (tertiary/aromatic N) is 5. The van der Waals surface area contributed by atoms with Crippen molar-refractivity contribution in [3.05, 3.63) is 120 Å². The smallest absolute Gasteiger partial charge is 0.408 e. The van der Waals surface area contributed by atoms with E-state index >= 15 is 0 Å². The predicted octanol–water partition coefficient (Wildman–Crippen LogP) is 3.89. The third kappa shape index (κ3) is 8.24. The molecule has 3 aromatic carbocycles. The van der Waals surface area contributed by atoms with E-state index in [2.05, 4.69) is 25.1 Å². The van der Waals surface area contributed by atoms with Crippen LogP contribution >= 0.6 is 0 Å². The average molecular weight is 693 g/mol. The molecule has 0 saturated carbocycles. The molecule has 0 spiro atoms. The van der Waals surface area contributed by atoms with Crippen LogP contribution in [0.25, 0.3) is 0 Å².